The molecule has 2 heterocycles. The molecule has 0 spiro atoms. The highest BCUT2D eigenvalue weighted by Crippen LogP contribution is 2.22. The molecule has 4 nitrogen and oxygen atoms in total. The van der Waals surface area contributed by atoms with Crippen LogP contribution in [-0.4, -0.2) is 36.3 Å². The summed E-state index contributed by atoms with van der Waals surface area (Å²) in [6.07, 6.45) is 0. The smallest absolute Gasteiger partial charge is 0.151 e. The molecular weight excluding hydrogens is 357 g/mol. The van der Waals surface area contributed by atoms with E-state index in [9.17, 15) is 4.39 Å². The molecule has 1 aliphatic heterocycles. The molecule has 0 unspecified atom stereocenters. The lowest BCUT2D eigenvalue weighted by Crippen LogP contribution is -2.43. The van der Waals surface area contributed by atoms with E-state index >= 15 is 0 Å². The minimum Gasteiger partial charge on any atom is -0.392 e. The molecule has 1 aromatic heterocycles. The summed E-state index contributed by atoms with van der Waals surface area (Å²) in [5.41, 5.74) is 3.87. The second-order valence-electron chi connectivity index (χ2n) is 5.65. The summed E-state index contributed by atoms with van der Waals surface area (Å²) in [5, 5.41) is 12.2. The highest BCUT2D eigenvalue weighted by molar-refractivity contribution is 7.80. The largest absolute Gasteiger partial charge is 0.392 e. The summed E-state index contributed by atoms with van der Waals surface area (Å²) in [4.78, 5) is 7.15. The number of thiol groups is 1. The zero-order valence-corrected chi connectivity index (χ0v) is 15.4. The van der Waals surface area contributed by atoms with Crippen molar-refractivity contribution in [1.29, 1.82) is 0 Å². The van der Waals surface area contributed by atoms with Crippen molar-refractivity contribution in [3.8, 4) is 0 Å². The van der Waals surface area contributed by atoms with Crippen molar-refractivity contribution in [2.75, 3.05) is 31.1 Å². The number of nitrogens with zero attached hydrogens (tertiary/aromatic N) is 2. The van der Waals surface area contributed by atoms with Gasteiger partial charge in [-0.3, -0.25) is 0 Å². The van der Waals surface area contributed by atoms with Crippen LogP contribution in [0.25, 0.3) is 10.2 Å². The van der Waals surface area contributed by atoms with Gasteiger partial charge in [-0.2, -0.15) is 0 Å². The molecule has 0 bridgehead atoms. The van der Waals surface area contributed by atoms with Gasteiger partial charge in [0.1, 0.15) is 0 Å². The van der Waals surface area contributed by atoms with Crippen molar-refractivity contribution in [2.24, 2.45) is 0 Å². The van der Waals surface area contributed by atoms with Crippen LogP contribution in [0.5, 0.6) is 0 Å². The first-order valence-electron chi connectivity index (χ1n) is 8.05. The first kappa shape index (κ1) is 18.1. The van der Waals surface area contributed by atoms with Gasteiger partial charge in [0, 0.05) is 36.6 Å². The first-order valence-corrected chi connectivity index (χ1v) is 9.38. The zero-order chi connectivity index (χ0) is 17.6. The number of nitrogens with one attached hydrogen (secondary N) is 1. The van der Waals surface area contributed by atoms with Crippen LogP contribution in [0.1, 0.15) is 5.56 Å². The Morgan fingerprint density at radius 3 is 2.80 bits per heavy atom. The first-order chi connectivity index (χ1) is 12.2. The minimum absolute atomic E-state index is 0.244. The monoisotopic (exact) mass is 377 g/mol. The third-order valence-corrected chi connectivity index (χ3v) is 5.07. The van der Waals surface area contributed by atoms with E-state index in [0.29, 0.717) is 11.3 Å². The predicted molar refractivity (Wildman–Crippen MR) is 104 cm³/mol. The third-order valence-electron chi connectivity index (χ3n) is 4.00. The van der Waals surface area contributed by atoms with Crippen molar-refractivity contribution in [1.82, 2.24) is 10.3 Å². The van der Waals surface area contributed by atoms with Gasteiger partial charge in [0.25, 0.3) is 0 Å². The molecule has 1 fully saturated rings. The number of rotatable bonds is 2. The van der Waals surface area contributed by atoms with Gasteiger partial charge in [0.05, 0.1) is 28.0 Å². The van der Waals surface area contributed by atoms with Crippen LogP contribution in [0.2, 0.25) is 0 Å². The normalized spacial score (nSPS) is 14.3. The molecule has 25 heavy (non-hydrogen) atoms. The van der Waals surface area contributed by atoms with E-state index in [4.69, 9.17) is 5.11 Å². The fourth-order valence-electron chi connectivity index (χ4n) is 2.68. The summed E-state index contributed by atoms with van der Waals surface area (Å²) in [5.74, 6) is -0.290. The van der Waals surface area contributed by atoms with Crippen molar-refractivity contribution >= 4 is 39.9 Å². The Hall–Kier alpha value is -1.67. The number of hydrogen-bond donors (Lipinski definition) is 3. The van der Waals surface area contributed by atoms with Gasteiger partial charge in [-0.25, -0.2) is 9.37 Å². The molecule has 0 radical (unpaired) electrons. The second-order valence-corrected chi connectivity index (χ2v) is 7.05. The summed E-state index contributed by atoms with van der Waals surface area (Å²) in [6.45, 7) is 3.13. The average Bonchev–Trinajstić information content (AvgIpc) is 3.11. The molecule has 1 aliphatic rings. The lowest BCUT2D eigenvalue weighted by Gasteiger charge is -2.30. The number of benzene rings is 2. The van der Waals surface area contributed by atoms with E-state index in [1.165, 1.54) is 4.70 Å². The lowest BCUT2D eigenvalue weighted by molar-refractivity contribution is 0.276. The molecule has 1 saturated heterocycles. The number of piperazine rings is 1. The third kappa shape index (κ3) is 4.49. The number of hydrogen-bond acceptors (Lipinski definition) is 6. The van der Waals surface area contributed by atoms with Crippen LogP contribution in [0.4, 0.5) is 10.1 Å². The van der Waals surface area contributed by atoms with Gasteiger partial charge in [-0.05, 0) is 24.3 Å². The standard InChI is InChI=1S/C11H15FN2O.C7H5NS2/c12-11-9(8-15)2-1-3-10(11)14-6-4-13-5-7-14;9-5-1-2-6-7(3-5)10-4-8-6/h1-3,13,15H,4-8H2;1-4,9H. The molecule has 3 aromatic rings. The number of aliphatic hydroxyl groups is 1. The van der Waals surface area contributed by atoms with Gasteiger partial charge < -0.3 is 15.3 Å². The SMILES string of the molecule is OCc1cccc(N2CCNCC2)c1F.Sc1ccc2ncsc2c1. The Bertz CT molecular complexity index is 834. The zero-order valence-electron chi connectivity index (χ0n) is 13.7. The molecule has 2 N–H and O–H groups in total. The van der Waals surface area contributed by atoms with Gasteiger partial charge in [0.15, 0.2) is 5.82 Å². The van der Waals surface area contributed by atoms with Crippen LogP contribution in [0, 0.1) is 5.82 Å². The highest BCUT2D eigenvalue weighted by atomic mass is 32.1. The summed E-state index contributed by atoms with van der Waals surface area (Å²) < 4.78 is 15.0. The van der Waals surface area contributed by atoms with Crippen LogP contribution in [-0.2, 0) is 6.61 Å². The maximum Gasteiger partial charge on any atom is 0.151 e. The van der Waals surface area contributed by atoms with E-state index in [1.807, 2.05) is 28.6 Å². The molecule has 132 valence electrons. The molecule has 2 aromatic carbocycles. The predicted octanol–water partition coefficient (Wildman–Crippen LogP) is 3.31. The van der Waals surface area contributed by atoms with Gasteiger partial charge in [-0.15, -0.1) is 24.0 Å². The van der Waals surface area contributed by atoms with Crippen molar-refractivity contribution in [3.05, 3.63) is 53.3 Å². The highest BCUT2D eigenvalue weighted by Gasteiger charge is 2.15. The number of anilines is 1. The van der Waals surface area contributed by atoms with Gasteiger partial charge in [0.2, 0.25) is 0 Å². The van der Waals surface area contributed by atoms with Crippen molar-refractivity contribution < 1.29 is 9.50 Å². The summed E-state index contributed by atoms with van der Waals surface area (Å²) in [7, 11) is 0. The minimum atomic E-state index is -0.290. The van der Waals surface area contributed by atoms with E-state index in [-0.39, 0.29) is 12.4 Å². The average molecular weight is 378 g/mol. The maximum atomic E-state index is 13.8. The quantitative estimate of drug-likeness (QED) is 0.600. The Balaban J connectivity index is 0.000000157. The molecule has 0 amide bonds. The van der Waals surface area contributed by atoms with Crippen LogP contribution < -0.4 is 10.2 Å². The molecule has 0 aliphatic carbocycles. The number of aromatic nitrogens is 1. The molecular formula is C18H20FN3OS2. The topological polar surface area (TPSA) is 48.4 Å². The summed E-state index contributed by atoms with van der Waals surface area (Å²) >= 11 is 5.86. The molecule has 4 rings (SSSR count). The van der Waals surface area contributed by atoms with E-state index < -0.39 is 0 Å². The number of aliphatic hydroxyl groups excluding tert-OH is 1. The van der Waals surface area contributed by atoms with Crippen LogP contribution in [0.15, 0.2) is 46.8 Å². The van der Waals surface area contributed by atoms with Crippen LogP contribution in [0.3, 0.4) is 0 Å². The van der Waals surface area contributed by atoms with E-state index in [1.54, 1.807) is 29.5 Å². The fraction of sp³-hybridized carbons (Fsp3) is 0.278. The number of halogens is 1. The van der Waals surface area contributed by atoms with Crippen molar-refractivity contribution in [2.45, 2.75) is 11.5 Å². The summed E-state index contributed by atoms with van der Waals surface area (Å²) in [6, 6.07) is 11.1. The molecule has 0 saturated carbocycles. The number of fused-ring (bicyclic) bond motifs is 1. The molecule has 7 heteroatoms. The number of thiazole rings is 1. The second kappa shape index (κ2) is 8.62. The Kier molecular flexibility index (Phi) is 6.25. The molecule has 0 atom stereocenters. The van der Waals surface area contributed by atoms with Crippen molar-refractivity contribution in [3.63, 3.8) is 0 Å². The Labute approximate surface area is 155 Å². The fourth-order valence-corrected chi connectivity index (χ4v) is 3.69. The van der Waals surface area contributed by atoms with E-state index in [0.717, 1.165) is 36.6 Å². The Morgan fingerprint density at radius 1 is 1.24 bits per heavy atom. The van der Waals surface area contributed by atoms with Gasteiger partial charge in [-0.1, -0.05) is 12.1 Å². The maximum absolute atomic E-state index is 13.8. The Morgan fingerprint density at radius 2 is 2.04 bits per heavy atom. The van der Waals surface area contributed by atoms with Gasteiger partial charge >= 0.3 is 0 Å². The van der Waals surface area contributed by atoms with Crippen LogP contribution >= 0.6 is 24.0 Å². The lowest BCUT2D eigenvalue weighted by atomic mass is 10.1. The van der Waals surface area contributed by atoms with E-state index in [2.05, 4.69) is 22.9 Å².